The zero-order chi connectivity index (χ0) is 21.3. The summed E-state index contributed by atoms with van der Waals surface area (Å²) >= 11 is 0. The first-order valence-electron chi connectivity index (χ1n) is 11.8. The number of aromatic nitrogens is 2. The molecule has 0 spiro atoms. The zero-order valence-electron chi connectivity index (χ0n) is 18.0. The van der Waals surface area contributed by atoms with Crippen LogP contribution in [0.15, 0.2) is 23.0 Å². The molecule has 2 bridgehead atoms. The molecule has 2 saturated carbocycles. The van der Waals surface area contributed by atoms with E-state index >= 15 is 0 Å². The molecule has 2 aliphatic carbocycles. The topological polar surface area (TPSA) is 78.4 Å². The van der Waals surface area contributed by atoms with Gasteiger partial charge in [0.1, 0.15) is 0 Å². The van der Waals surface area contributed by atoms with Crippen molar-refractivity contribution >= 4 is 22.8 Å². The number of nitrogens with zero attached hydrogens (tertiary/aromatic N) is 3. The van der Waals surface area contributed by atoms with Gasteiger partial charge < -0.3 is 9.88 Å². The Hall–Kier alpha value is -2.41. The number of carbonyl (C=O) groups excluding carboxylic acids is 2. The lowest BCUT2D eigenvalue weighted by Crippen LogP contribution is -2.42. The number of carbonyl (C=O) groups is 2. The van der Waals surface area contributed by atoms with Crippen molar-refractivity contribution in [3.8, 4) is 0 Å². The molecule has 1 N–H and O–H groups in total. The Morgan fingerprint density at radius 1 is 1.06 bits per heavy atom. The average Bonchev–Trinajstić information content (AvgIpc) is 3.51. The van der Waals surface area contributed by atoms with Gasteiger partial charge in [0, 0.05) is 19.1 Å². The summed E-state index contributed by atoms with van der Waals surface area (Å²) in [4.78, 5) is 44.9. The van der Waals surface area contributed by atoms with Gasteiger partial charge in [-0.05, 0) is 75.6 Å². The summed E-state index contributed by atoms with van der Waals surface area (Å²) in [7, 11) is 2.11. The van der Waals surface area contributed by atoms with Crippen molar-refractivity contribution in [3.05, 3.63) is 34.2 Å². The first-order chi connectivity index (χ1) is 15.0. The summed E-state index contributed by atoms with van der Waals surface area (Å²) in [6.07, 6.45) is 6.06. The van der Waals surface area contributed by atoms with E-state index in [1.165, 1.54) is 5.56 Å². The van der Waals surface area contributed by atoms with Crippen molar-refractivity contribution in [1.29, 1.82) is 0 Å². The third-order valence-corrected chi connectivity index (χ3v) is 8.51. The van der Waals surface area contributed by atoms with Crippen LogP contribution in [0.5, 0.6) is 0 Å². The van der Waals surface area contributed by atoms with Crippen molar-refractivity contribution in [2.75, 3.05) is 20.1 Å². The molecular weight excluding hydrogens is 392 g/mol. The van der Waals surface area contributed by atoms with Crippen molar-refractivity contribution in [3.63, 3.8) is 0 Å². The Labute approximate surface area is 181 Å². The highest BCUT2D eigenvalue weighted by Crippen LogP contribution is 2.56. The lowest BCUT2D eigenvalue weighted by Gasteiger charge is -2.32. The number of fused-ring (bicyclic) bond motifs is 5. The van der Waals surface area contributed by atoms with Crippen LogP contribution < -0.4 is 5.69 Å². The van der Waals surface area contributed by atoms with Crippen LogP contribution in [0.25, 0.3) is 11.0 Å². The number of rotatable bonds is 6. The number of imide groups is 1. The zero-order valence-corrected chi connectivity index (χ0v) is 18.0. The molecule has 2 aromatic rings. The summed E-state index contributed by atoms with van der Waals surface area (Å²) in [5, 5.41) is 0. The fraction of sp³-hybridized carbons (Fsp3) is 0.625. The van der Waals surface area contributed by atoms with E-state index < -0.39 is 0 Å². The molecule has 6 rings (SSSR count). The number of aromatic amines is 1. The van der Waals surface area contributed by atoms with E-state index in [0.717, 1.165) is 56.1 Å². The lowest BCUT2D eigenvalue weighted by molar-refractivity contribution is -0.140. The number of amides is 2. The quantitative estimate of drug-likeness (QED) is 0.571. The molecule has 2 aliphatic heterocycles. The molecule has 31 heavy (non-hydrogen) atoms. The Kier molecular flexibility index (Phi) is 4.39. The molecule has 5 unspecified atom stereocenters. The number of para-hydroxylation sites is 1. The van der Waals surface area contributed by atoms with E-state index in [1.807, 2.05) is 16.7 Å². The van der Waals surface area contributed by atoms with Crippen LogP contribution in [-0.4, -0.2) is 57.3 Å². The fourth-order valence-electron chi connectivity index (χ4n) is 6.96. The average molecular weight is 423 g/mol. The maximum Gasteiger partial charge on any atom is 0.326 e. The summed E-state index contributed by atoms with van der Waals surface area (Å²) < 4.78 is 1.87. The predicted molar refractivity (Wildman–Crippen MR) is 116 cm³/mol. The molecule has 1 aromatic carbocycles. The van der Waals surface area contributed by atoms with Crippen molar-refractivity contribution in [1.82, 2.24) is 19.4 Å². The van der Waals surface area contributed by atoms with Gasteiger partial charge in [0.2, 0.25) is 11.8 Å². The number of unbranched alkanes of at least 4 members (excludes halogenated alkanes) is 1. The van der Waals surface area contributed by atoms with Crippen LogP contribution in [-0.2, 0) is 22.6 Å². The summed E-state index contributed by atoms with van der Waals surface area (Å²) in [5.41, 5.74) is 3.14. The van der Waals surface area contributed by atoms with Crippen LogP contribution >= 0.6 is 0 Å². The smallest absolute Gasteiger partial charge is 0.306 e. The Morgan fingerprint density at radius 3 is 2.55 bits per heavy atom. The molecule has 4 aliphatic rings. The van der Waals surface area contributed by atoms with Gasteiger partial charge in [0.15, 0.2) is 0 Å². The van der Waals surface area contributed by atoms with E-state index in [4.69, 9.17) is 0 Å². The number of likely N-dealkylation sites (N-methyl/N-ethyl adjacent to an activating group) is 1. The molecular formula is C24H30N4O3. The number of hydrogen-bond acceptors (Lipinski definition) is 4. The van der Waals surface area contributed by atoms with E-state index in [9.17, 15) is 14.4 Å². The maximum atomic E-state index is 12.8. The molecule has 1 saturated heterocycles. The molecule has 7 nitrogen and oxygen atoms in total. The van der Waals surface area contributed by atoms with Crippen LogP contribution in [0.4, 0.5) is 0 Å². The predicted octanol–water partition coefficient (Wildman–Crippen LogP) is 2.00. The summed E-state index contributed by atoms with van der Waals surface area (Å²) in [6.45, 7) is 2.15. The van der Waals surface area contributed by atoms with E-state index in [1.54, 1.807) is 4.90 Å². The molecule has 2 amide bonds. The van der Waals surface area contributed by atoms with Gasteiger partial charge in [-0.2, -0.15) is 0 Å². The second-order valence-electron chi connectivity index (χ2n) is 10.1. The first kappa shape index (κ1) is 19.3. The number of likely N-dealkylation sites (tertiary alicyclic amines) is 1. The van der Waals surface area contributed by atoms with Gasteiger partial charge >= 0.3 is 5.69 Å². The number of imidazole rings is 1. The largest absolute Gasteiger partial charge is 0.326 e. The number of H-pyrrole nitrogens is 1. The van der Waals surface area contributed by atoms with Crippen LogP contribution in [0.1, 0.15) is 37.7 Å². The Morgan fingerprint density at radius 2 is 1.81 bits per heavy atom. The Balaban J connectivity index is 1.04. The van der Waals surface area contributed by atoms with Gasteiger partial charge in [-0.25, -0.2) is 4.79 Å². The minimum Gasteiger partial charge on any atom is -0.306 e. The third kappa shape index (κ3) is 2.85. The highest BCUT2D eigenvalue weighted by atomic mass is 16.2. The number of hydrogen-bond donors (Lipinski definition) is 1. The van der Waals surface area contributed by atoms with Crippen LogP contribution in [0.2, 0.25) is 0 Å². The normalized spacial score (nSPS) is 31.4. The first-order valence-corrected chi connectivity index (χ1v) is 11.8. The summed E-state index contributed by atoms with van der Waals surface area (Å²) in [5.74, 6) is 1.12. The third-order valence-electron chi connectivity index (χ3n) is 8.51. The van der Waals surface area contributed by atoms with Gasteiger partial charge in [-0.15, -0.1) is 0 Å². The fourth-order valence-corrected chi connectivity index (χ4v) is 6.96. The maximum absolute atomic E-state index is 12.8. The van der Waals surface area contributed by atoms with E-state index in [2.05, 4.69) is 23.0 Å². The monoisotopic (exact) mass is 422 g/mol. The van der Waals surface area contributed by atoms with Crippen molar-refractivity contribution in [2.45, 2.75) is 51.1 Å². The van der Waals surface area contributed by atoms with Crippen molar-refractivity contribution in [2.24, 2.45) is 23.7 Å². The molecule has 3 fully saturated rings. The molecule has 5 atom stereocenters. The molecule has 1 aromatic heterocycles. The van der Waals surface area contributed by atoms with E-state index in [0.29, 0.717) is 24.9 Å². The second kappa shape index (κ2) is 7.05. The highest BCUT2D eigenvalue weighted by Gasteiger charge is 2.60. The SMILES string of the molecule is CN(CCCCN1C(=O)C2C3CCC(C3)C2C1=O)C1Cc2cccc3[nH]c(=O)n(c23)C1. The van der Waals surface area contributed by atoms with Gasteiger partial charge in [-0.1, -0.05) is 12.1 Å². The number of benzene rings is 1. The Bertz CT molecular complexity index is 1090. The van der Waals surface area contributed by atoms with Gasteiger partial charge in [-0.3, -0.25) is 19.1 Å². The second-order valence-corrected chi connectivity index (χ2v) is 10.1. The molecule has 0 radical (unpaired) electrons. The highest BCUT2D eigenvalue weighted by molar-refractivity contribution is 6.06. The van der Waals surface area contributed by atoms with Gasteiger partial charge in [0.25, 0.3) is 0 Å². The van der Waals surface area contributed by atoms with Crippen LogP contribution in [0, 0.1) is 23.7 Å². The molecule has 3 heterocycles. The number of nitrogens with one attached hydrogen (secondary N) is 1. The molecule has 164 valence electrons. The minimum absolute atomic E-state index is 0.00673. The lowest BCUT2D eigenvalue weighted by atomic mass is 9.81. The molecule has 7 heteroatoms. The van der Waals surface area contributed by atoms with Crippen molar-refractivity contribution < 1.29 is 9.59 Å². The van der Waals surface area contributed by atoms with Crippen LogP contribution in [0.3, 0.4) is 0 Å². The summed E-state index contributed by atoms with van der Waals surface area (Å²) in [6, 6.07) is 6.35. The van der Waals surface area contributed by atoms with Gasteiger partial charge in [0.05, 0.1) is 22.9 Å². The van der Waals surface area contributed by atoms with E-state index in [-0.39, 0.29) is 35.4 Å². The minimum atomic E-state index is -0.0360. The standard InChI is InChI=1S/C24H30N4O3/c1-26(17-12-16-5-4-6-18-21(16)28(13-17)24(31)25-18)9-2-3-10-27-22(29)19-14-7-8-15(11-14)20(19)23(27)30/h4-6,14-15,17,19-20H,2-3,7-13H2,1H3,(H,25,31).